The lowest BCUT2D eigenvalue weighted by Gasteiger charge is -2.12. The van der Waals surface area contributed by atoms with Crippen LogP contribution in [-0.2, 0) is 9.59 Å². The molecule has 0 aromatic heterocycles. The molecule has 31 heavy (non-hydrogen) atoms. The molecule has 2 aromatic carbocycles. The van der Waals surface area contributed by atoms with Crippen LogP contribution in [0.15, 0.2) is 48.6 Å². The van der Waals surface area contributed by atoms with E-state index in [9.17, 15) is 14.7 Å². The lowest BCUT2D eigenvalue weighted by molar-refractivity contribution is -0.121. The normalized spacial score (nSPS) is 11.3. The van der Waals surface area contributed by atoms with Crippen LogP contribution in [-0.4, -0.2) is 37.5 Å². The molecule has 0 saturated heterocycles. The van der Waals surface area contributed by atoms with Crippen molar-refractivity contribution in [3.05, 3.63) is 59.7 Å². The first-order chi connectivity index (χ1) is 14.8. The summed E-state index contributed by atoms with van der Waals surface area (Å²) in [5.41, 5.74) is 1.44. The zero-order valence-corrected chi connectivity index (χ0v) is 18.3. The average Bonchev–Trinajstić information content (AvgIpc) is 2.75. The highest BCUT2D eigenvalue weighted by Gasteiger charge is 2.08. The summed E-state index contributed by atoms with van der Waals surface area (Å²) in [6.45, 7) is 4.71. The number of methoxy groups -OCH3 is 2. The molecule has 0 unspecified atom stereocenters. The van der Waals surface area contributed by atoms with Gasteiger partial charge in [-0.3, -0.25) is 9.59 Å². The van der Waals surface area contributed by atoms with Gasteiger partial charge in [-0.25, -0.2) is 0 Å². The van der Waals surface area contributed by atoms with Crippen LogP contribution in [0, 0.1) is 5.92 Å². The summed E-state index contributed by atoms with van der Waals surface area (Å²) in [5, 5.41) is 9.60. The van der Waals surface area contributed by atoms with Gasteiger partial charge < -0.3 is 19.3 Å². The van der Waals surface area contributed by atoms with Crippen LogP contribution in [0.2, 0.25) is 0 Å². The number of benzene rings is 2. The Bertz CT molecular complexity index is 972. The van der Waals surface area contributed by atoms with Crippen molar-refractivity contribution < 1.29 is 28.9 Å². The van der Waals surface area contributed by atoms with Crippen LogP contribution >= 0.6 is 0 Å². The highest BCUT2D eigenvalue weighted by atomic mass is 16.5. The molecule has 6 heteroatoms. The van der Waals surface area contributed by atoms with Crippen molar-refractivity contribution in [2.24, 2.45) is 5.92 Å². The molecule has 164 valence electrons. The first kappa shape index (κ1) is 23.7. The lowest BCUT2D eigenvalue weighted by atomic mass is 10.1. The summed E-state index contributed by atoms with van der Waals surface area (Å²) in [6, 6.07) is 10.1. The summed E-state index contributed by atoms with van der Waals surface area (Å²) in [5.74, 6) is 1.31. The molecule has 0 spiro atoms. The number of allylic oxidation sites excluding steroid dienone is 2. The maximum atomic E-state index is 12.1. The number of ketones is 2. The molecule has 0 aliphatic rings. The first-order valence-electron chi connectivity index (χ1n) is 9.92. The number of carbonyl (C=O) groups is 2. The number of ether oxygens (including phenoxy) is 3. The van der Waals surface area contributed by atoms with Gasteiger partial charge in [0, 0.05) is 0 Å². The monoisotopic (exact) mass is 424 g/mol. The summed E-state index contributed by atoms with van der Waals surface area (Å²) in [4.78, 5) is 24.2. The molecule has 0 saturated carbocycles. The van der Waals surface area contributed by atoms with Crippen LogP contribution in [0.4, 0.5) is 0 Å². The zero-order chi connectivity index (χ0) is 22.8. The molecule has 1 N–H and O–H groups in total. The van der Waals surface area contributed by atoms with E-state index in [1.165, 1.54) is 25.3 Å². The van der Waals surface area contributed by atoms with Gasteiger partial charge in [0.2, 0.25) is 0 Å². The fourth-order valence-corrected chi connectivity index (χ4v) is 2.63. The third-order valence-electron chi connectivity index (χ3n) is 4.24. The number of carbonyl (C=O) groups excluding carboxylic acids is 2. The molecule has 0 radical (unpaired) electrons. The topological polar surface area (TPSA) is 82.1 Å². The van der Waals surface area contributed by atoms with Crippen molar-refractivity contribution in [3.8, 4) is 23.0 Å². The molecule has 0 fully saturated rings. The molecule has 0 aliphatic carbocycles. The smallest absolute Gasteiger partial charge is 0.163 e. The zero-order valence-electron chi connectivity index (χ0n) is 18.3. The van der Waals surface area contributed by atoms with Crippen LogP contribution in [0.1, 0.15) is 31.4 Å². The number of phenols is 1. The van der Waals surface area contributed by atoms with E-state index in [0.29, 0.717) is 35.3 Å². The minimum atomic E-state index is -0.322. The molecular formula is C25H28O6. The largest absolute Gasteiger partial charge is 0.504 e. The molecule has 2 aromatic rings. The third-order valence-corrected chi connectivity index (χ3v) is 4.24. The van der Waals surface area contributed by atoms with Gasteiger partial charge in [0.15, 0.2) is 34.6 Å². The second-order valence-electron chi connectivity index (χ2n) is 7.32. The molecular weight excluding hydrogens is 396 g/mol. The van der Waals surface area contributed by atoms with Crippen molar-refractivity contribution in [1.29, 1.82) is 0 Å². The van der Waals surface area contributed by atoms with Gasteiger partial charge in [-0.15, -0.1) is 0 Å². The standard InChI is InChI=1S/C25H28O6/c1-17(2)16-31-23-12-8-19(14-25(23)30-4)6-10-21(27)15-20(26)9-5-18-7-11-22(28)24(13-18)29-3/h5-14,17,28H,15-16H2,1-4H3/b9-5+,10-6+. The van der Waals surface area contributed by atoms with Crippen LogP contribution < -0.4 is 14.2 Å². The molecule has 6 nitrogen and oxygen atoms in total. The Hall–Kier alpha value is -3.54. The minimum Gasteiger partial charge on any atom is -0.504 e. The molecule has 0 aliphatic heterocycles. The number of hydrogen-bond acceptors (Lipinski definition) is 6. The second kappa shape index (κ2) is 11.6. The van der Waals surface area contributed by atoms with E-state index in [-0.39, 0.29) is 23.7 Å². The van der Waals surface area contributed by atoms with Gasteiger partial charge in [-0.1, -0.05) is 38.1 Å². The number of aromatic hydroxyl groups is 1. The van der Waals surface area contributed by atoms with Crippen molar-refractivity contribution in [2.75, 3.05) is 20.8 Å². The second-order valence-corrected chi connectivity index (χ2v) is 7.32. The summed E-state index contributed by atoms with van der Waals surface area (Å²) in [7, 11) is 3.01. The van der Waals surface area contributed by atoms with E-state index >= 15 is 0 Å². The van der Waals surface area contributed by atoms with E-state index in [1.807, 2.05) is 6.07 Å². The first-order valence-corrected chi connectivity index (χ1v) is 9.92. The molecule has 0 bridgehead atoms. The highest BCUT2D eigenvalue weighted by molar-refractivity contribution is 6.10. The summed E-state index contributed by atoms with van der Waals surface area (Å²) < 4.78 is 16.1. The third kappa shape index (κ3) is 7.66. The Kier molecular flexibility index (Phi) is 8.88. The molecule has 2 rings (SSSR count). The predicted octanol–water partition coefficient (Wildman–Crippen LogP) is 4.70. The van der Waals surface area contributed by atoms with Gasteiger partial charge in [-0.05, 0) is 53.5 Å². The maximum absolute atomic E-state index is 12.1. The van der Waals surface area contributed by atoms with Crippen LogP contribution in [0.5, 0.6) is 23.0 Å². The quantitative estimate of drug-likeness (QED) is 0.416. The molecule has 0 atom stereocenters. The summed E-state index contributed by atoms with van der Waals surface area (Å²) in [6.07, 6.45) is 5.68. The van der Waals surface area contributed by atoms with Crippen molar-refractivity contribution in [1.82, 2.24) is 0 Å². The van der Waals surface area contributed by atoms with Gasteiger partial charge in [0.05, 0.1) is 27.2 Å². The number of phenolic OH excluding ortho intramolecular Hbond substituents is 1. The molecule has 0 amide bonds. The van der Waals surface area contributed by atoms with Gasteiger partial charge in [0.1, 0.15) is 0 Å². The van der Waals surface area contributed by atoms with E-state index in [4.69, 9.17) is 14.2 Å². The Labute approximate surface area is 182 Å². The van der Waals surface area contributed by atoms with Crippen LogP contribution in [0.3, 0.4) is 0 Å². The fraction of sp³-hybridized carbons (Fsp3) is 0.280. The maximum Gasteiger partial charge on any atom is 0.163 e. The van der Waals surface area contributed by atoms with Crippen molar-refractivity contribution in [3.63, 3.8) is 0 Å². The van der Waals surface area contributed by atoms with Gasteiger partial charge >= 0.3 is 0 Å². The summed E-state index contributed by atoms with van der Waals surface area (Å²) >= 11 is 0. The van der Waals surface area contributed by atoms with Gasteiger partial charge in [0.25, 0.3) is 0 Å². The van der Waals surface area contributed by atoms with E-state index in [0.717, 1.165) is 5.56 Å². The fourth-order valence-electron chi connectivity index (χ4n) is 2.63. The Morgan fingerprint density at radius 1 is 0.871 bits per heavy atom. The number of rotatable bonds is 11. The Morgan fingerprint density at radius 3 is 1.97 bits per heavy atom. The Morgan fingerprint density at radius 2 is 1.42 bits per heavy atom. The Balaban J connectivity index is 1.96. The van der Waals surface area contributed by atoms with Gasteiger partial charge in [-0.2, -0.15) is 0 Å². The van der Waals surface area contributed by atoms with Crippen molar-refractivity contribution in [2.45, 2.75) is 20.3 Å². The van der Waals surface area contributed by atoms with E-state index < -0.39 is 0 Å². The minimum absolute atomic E-state index is 0.0161. The lowest BCUT2D eigenvalue weighted by Crippen LogP contribution is -2.05. The number of hydrogen-bond donors (Lipinski definition) is 1. The highest BCUT2D eigenvalue weighted by Crippen LogP contribution is 2.29. The van der Waals surface area contributed by atoms with E-state index in [2.05, 4.69) is 13.8 Å². The average molecular weight is 424 g/mol. The van der Waals surface area contributed by atoms with Crippen molar-refractivity contribution >= 4 is 23.7 Å². The molecule has 0 heterocycles. The van der Waals surface area contributed by atoms with Crippen LogP contribution in [0.25, 0.3) is 12.2 Å². The SMILES string of the molecule is COc1cc(/C=C/C(=O)CC(=O)/C=C/c2ccc(OCC(C)C)c(OC)c2)ccc1O. The van der Waals surface area contributed by atoms with E-state index in [1.54, 1.807) is 43.5 Å². The predicted molar refractivity (Wildman–Crippen MR) is 121 cm³/mol.